The van der Waals surface area contributed by atoms with Crippen LogP contribution in [0.3, 0.4) is 0 Å². The minimum absolute atomic E-state index is 0.0301. The van der Waals surface area contributed by atoms with Crippen LogP contribution in [-0.2, 0) is 4.74 Å². The Morgan fingerprint density at radius 3 is 2.12 bits per heavy atom. The molecule has 2 aromatic rings. The maximum Gasteiger partial charge on any atom is 0.193 e. The third-order valence-corrected chi connectivity index (χ3v) is 4.59. The Morgan fingerprint density at radius 2 is 1.64 bits per heavy atom. The minimum Gasteiger partial charge on any atom is -0.394 e. The molecule has 132 valence electrons. The fraction of sp³-hybridized carbons (Fsp3) is 0.350. The highest BCUT2D eigenvalue weighted by Gasteiger charge is 2.34. The van der Waals surface area contributed by atoms with Crippen LogP contribution >= 0.6 is 0 Å². The van der Waals surface area contributed by atoms with Crippen LogP contribution in [0.5, 0.6) is 0 Å². The smallest absolute Gasteiger partial charge is 0.193 e. The first-order valence-electron chi connectivity index (χ1n) is 8.36. The van der Waals surface area contributed by atoms with Crippen molar-refractivity contribution in [1.29, 1.82) is 0 Å². The van der Waals surface area contributed by atoms with Gasteiger partial charge in [-0.05, 0) is 29.8 Å². The van der Waals surface area contributed by atoms with Gasteiger partial charge in [0.25, 0.3) is 0 Å². The van der Waals surface area contributed by atoms with Gasteiger partial charge in [0.2, 0.25) is 0 Å². The average Bonchev–Trinajstić information content (AvgIpc) is 3.02. The lowest BCUT2D eigenvalue weighted by Crippen LogP contribution is -2.24. The Hall–Kier alpha value is -2.21. The average molecular weight is 341 g/mol. The third kappa shape index (κ3) is 3.74. The number of carbonyl (C=O) groups is 1. The van der Waals surface area contributed by atoms with Crippen LogP contribution in [0.25, 0.3) is 0 Å². The van der Waals surface area contributed by atoms with Crippen LogP contribution in [0.1, 0.15) is 34.0 Å². The van der Waals surface area contributed by atoms with E-state index in [9.17, 15) is 9.90 Å². The van der Waals surface area contributed by atoms with Gasteiger partial charge in [0.15, 0.2) is 5.78 Å². The largest absolute Gasteiger partial charge is 0.394 e. The summed E-state index contributed by atoms with van der Waals surface area (Å²) in [7, 11) is 3.91. The summed E-state index contributed by atoms with van der Waals surface area (Å²) in [6, 6.07) is 14.7. The number of hydrogen-bond acceptors (Lipinski definition) is 5. The highest BCUT2D eigenvalue weighted by atomic mass is 16.5. The number of hydrogen-bond donors (Lipinski definition) is 2. The zero-order valence-electron chi connectivity index (χ0n) is 14.4. The van der Waals surface area contributed by atoms with Crippen molar-refractivity contribution < 1.29 is 19.7 Å². The SMILES string of the molecule is CN(C)c1ccc(C(=O)c2ccc([C@H]3C[C@H](O)[C@@H](CO)O3)cc2)cc1. The predicted molar refractivity (Wildman–Crippen MR) is 96.0 cm³/mol. The Bertz CT molecular complexity index is 724. The molecular weight excluding hydrogens is 318 g/mol. The van der Waals surface area contributed by atoms with Gasteiger partial charge in [0.05, 0.1) is 18.8 Å². The first kappa shape index (κ1) is 17.6. The van der Waals surface area contributed by atoms with Gasteiger partial charge in [0.1, 0.15) is 6.10 Å². The van der Waals surface area contributed by atoms with Crippen LogP contribution in [0.2, 0.25) is 0 Å². The van der Waals surface area contributed by atoms with Gasteiger partial charge in [-0.2, -0.15) is 0 Å². The highest BCUT2D eigenvalue weighted by molar-refractivity contribution is 6.09. The second kappa shape index (κ2) is 7.35. The minimum atomic E-state index is -0.661. The summed E-state index contributed by atoms with van der Waals surface area (Å²) in [4.78, 5) is 14.6. The fourth-order valence-corrected chi connectivity index (χ4v) is 3.03. The van der Waals surface area contributed by atoms with E-state index in [2.05, 4.69) is 0 Å². The Morgan fingerprint density at radius 1 is 1.08 bits per heavy atom. The zero-order valence-corrected chi connectivity index (χ0v) is 14.4. The molecule has 3 atom stereocenters. The molecule has 1 aliphatic rings. The number of aliphatic hydroxyl groups excluding tert-OH is 2. The molecule has 2 N–H and O–H groups in total. The van der Waals surface area contributed by atoms with Crippen LogP contribution in [-0.4, -0.2) is 48.9 Å². The summed E-state index contributed by atoms with van der Waals surface area (Å²) >= 11 is 0. The zero-order chi connectivity index (χ0) is 18.0. The van der Waals surface area contributed by atoms with Crippen molar-refractivity contribution in [2.75, 3.05) is 25.6 Å². The molecule has 0 radical (unpaired) electrons. The van der Waals surface area contributed by atoms with E-state index >= 15 is 0 Å². The lowest BCUT2D eigenvalue weighted by Gasteiger charge is -2.13. The fourth-order valence-electron chi connectivity index (χ4n) is 3.03. The van der Waals surface area contributed by atoms with E-state index in [0.29, 0.717) is 17.5 Å². The second-order valence-electron chi connectivity index (χ2n) is 6.54. The number of anilines is 1. The van der Waals surface area contributed by atoms with Gasteiger partial charge in [-0.25, -0.2) is 0 Å². The van der Waals surface area contributed by atoms with E-state index in [-0.39, 0.29) is 18.5 Å². The summed E-state index contributed by atoms with van der Waals surface area (Å²) in [5.74, 6) is -0.0301. The monoisotopic (exact) mass is 341 g/mol. The standard InChI is InChI=1S/C20H23NO4/c1-21(2)16-9-7-15(8-10-16)20(24)14-5-3-13(4-6-14)18-11-17(23)19(12-22)25-18/h3-10,17-19,22-23H,11-12H2,1-2H3/t17-,18+,19+/m0/s1. The number of ketones is 1. The number of carbonyl (C=O) groups excluding carboxylic acids is 1. The first-order chi connectivity index (χ1) is 12.0. The molecule has 25 heavy (non-hydrogen) atoms. The molecule has 1 heterocycles. The van der Waals surface area contributed by atoms with E-state index in [1.807, 2.05) is 55.4 Å². The lowest BCUT2D eigenvalue weighted by atomic mass is 9.99. The molecule has 5 nitrogen and oxygen atoms in total. The Kier molecular flexibility index (Phi) is 5.18. The Balaban J connectivity index is 1.72. The molecule has 1 fully saturated rings. The quantitative estimate of drug-likeness (QED) is 0.816. The van der Waals surface area contributed by atoms with Gasteiger partial charge >= 0.3 is 0 Å². The van der Waals surface area contributed by atoms with Crippen molar-refractivity contribution in [3.05, 3.63) is 65.2 Å². The number of aliphatic hydroxyl groups is 2. The number of rotatable bonds is 5. The molecule has 0 aromatic heterocycles. The maximum absolute atomic E-state index is 12.6. The van der Waals surface area contributed by atoms with Crippen LogP contribution < -0.4 is 4.90 Å². The van der Waals surface area contributed by atoms with Crippen molar-refractivity contribution in [2.45, 2.75) is 24.7 Å². The lowest BCUT2D eigenvalue weighted by molar-refractivity contribution is -0.0225. The van der Waals surface area contributed by atoms with Crippen molar-refractivity contribution in [2.24, 2.45) is 0 Å². The van der Waals surface area contributed by atoms with E-state index in [1.165, 1.54) is 0 Å². The van der Waals surface area contributed by atoms with Gasteiger partial charge < -0.3 is 19.8 Å². The van der Waals surface area contributed by atoms with Gasteiger partial charge in [-0.15, -0.1) is 0 Å². The summed E-state index contributed by atoms with van der Waals surface area (Å²) in [5, 5.41) is 19.0. The molecule has 1 saturated heterocycles. The first-order valence-corrected chi connectivity index (χ1v) is 8.36. The van der Waals surface area contributed by atoms with Crippen LogP contribution in [0, 0.1) is 0 Å². The molecule has 1 aliphatic heterocycles. The normalized spacial score (nSPS) is 22.8. The van der Waals surface area contributed by atoms with Crippen LogP contribution in [0.15, 0.2) is 48.5 Å². The van der Waals surface area contributed by atoms with Crippen molar-refractivity contribution in [3.63, 3.8) is 0 Å². The van der Waals surface area contributed by atoms with Gasteiger partial charge in [-0.1, -0.05) is 24.3 Å². The second-order valence-corrected chi connectivity index (χ2v) is 6.54. The predicted octanol–water partition coefficient (Wildman–Crippen LogP) is 2.17. The molecule has 5 heteroatoms. The molecule has 0 spiro atoms. The summed E-state index contributed by atoms with van der Waals surface area (Å²) < 4.78 is 5.64. The van der Waals surface area contributed by atoms with Gasteiger partial charge in [0, 0.05) is 37.3 Å². The van der Waals surface area contributed by atoms with E-state index in [0.717, 1.165) is 11.3 Å². The molecular formula is C20H23NO4. The number of ether oxygens (including phenoxy) is 1. The van der Waals surface area contributed by atoms with Gasteiger partial charge in [-0.3, -0.25) is 4.79 Å². The third-order valence-electron chi connectivity index (χ3n) is 4.59. The van der Waals surface area contributed by atoms with Crippen molar-refractivity contribution in [3.8, 4) is 0 Å². The van der Waals surface area contributed by atoms with E-state index in [4.69, 9.17) is 9.84 Å². The molecule has 0 aliphatic carbocycles. The molecule has 3 rings (SSSR count). The van der Waals surface area contributed by atoms with Crippen LogP contribution in [0.4, 0.5) is 5.69 Å². The van der Waals surface area contributed by atoms with Crippen molar-refractivity contribution in [1.82, 2.24) is 0 Å². The Labute approximate surface area is 147 Å². The maximum atomic E-state index is 12.6. The van der Waals surface area contributed by atoms with E-state index < -0.39 is 12.2 Å². The van der Waals surface area contributed by atoms with E-state index in [1.54, 1.807) is 12.1 Å². The molecule has 2 aromatic carbocycles. The topological polar surface area (TPSA) is 70.0 Å². The van der Waals surface area contributed by atoms with Crippen molar-refractivity contribution >= 4 is 11.5 Å². The molecule has 0 bridgehead atoms. The summed E-state index contributed by atoms with van der Waals surface area (Å²) in [6.07, 6.45) is -1.01. The number of benzene rings is 2. The molecule has 0 amide bonds. The highest BCUT2D eigenvalue weighted by Crippen LogP contribution is 2.33. The summed E-state index contributed by atoms with van der Waals surface area (Å²) in [5.41, 5.74) is 3.20. The molecule has 0 unspecified atom stereocenters. The molecule has 0 saturated carbocycles. The number of nitrogens with zero attached hydrogens (tertiary/aromatic N) is 1. The summed E-state index contributed by atoms with van der Waals surface area (Å²) in [6.45, 7) is -0.197.